The van der Waals surface area contributed by atoms with Crippen LogP contribution in [-0.4, -0.2) is 39.3 Å². The maximum atomic E-state index is 12.8. The fourth-order valence-electron chi connectivity index (χ4n) is 4.02. The second-order valence-corrected chi connectivity index (χ2v) is 9.09. The number of ether oxygens (including phenoxy) is 1. The van der Waals surface area contributed by atoms with Crippen molar-refractivity contribution in [2.75, 3.05) is 11.9 Å². The summed E-state index contributed by atoms with van der Waals surface area (Å²) in [5.41, 5.74) is 3.61. The van der Waals surface area contributed by atoms with Crippen molar-refractivity contribution in [1.29, 1.82) is 0 Å². The number of aryl methyl sites for hydroxylation is 1. The number of amides is 1. The van der Waals surface area contributed by atoms with E-state index in [1.54, 1.807) is 47.3 Å². The maximum Gasteiger partial charge on any atom is 0.390 e. The van der Waals surface area contributed by atoms with Crippen molar-refractivity contribution >= 4 is 22.6 Å². The molecule has 0 aliphatic heterocycles. The van der Waals surface area contributed by atoms with Gasteiger partial charge in [-0.15, -0.1) is 0 Å². The fraction of sp³-hybridized carbons (Fsp3) is 0.259. The largest absolute Gasteiger partial charge is 0.508 e. The summed E-state index contributed by atoms with van der Waals surface area (Å²) in [6, 6.07) is 15.1. The number of alkyl halides is 3. The fourth-order valence-corrected chi connectivity index (χ4v) is 4.02. The third-order valence-corrected chi connectivity index (χ3v) is 6.07. The highest BCUT2D eigenvalue weighted by Crippen LogP contribution is 2.34. The van der Waals surface area contributed by atoms with Gasteiger partial charge in [-0.3, -0.25) is 9.36 Å². The van der Waals surface area contributed by atoms with E-state index in [0.29, 0.717) is 33.8 Å². The molecule has 1 amide bonds. The van der Waals surface area contributed by atoms with Crippen molar-refractivity contribution in [2.24, 2.45) is 0 Å². The average molecular weight is 511 g/mol. The molecule has 10 heteroatoms. The predicted octanol–water partition coefficient (Wildman–Crippen LogP) is 6.09. The van der Waals surface area contributed by atoms with E-state index in [4.69, 9.17) is 4.74 Å². The molecule has 3 N–H and O–H groups in total. The summed E-state index contributed by atoms with van der Waals surface area (Å²) < 4.78 is 46.0. The third-order valence-electron chi connectivity index (χ3n) is 6.07. The number of halogens is 3. The van der Waals surface area contributed by atoms with Crippen LogP contribution in [0.15, 0.2) is 60.9 Å². The Hall–Kier alpha value is -4.21. The summed E-state index contributed by atoms with van der Waals surface area (Å²) in [5.74, 6) is 0.806. The van der Waals surface area contributed by atoms with Crippen LogP contribution in [0.5, 0.6) is 17.2 Å². The minimum atomic E-state index is -4.29. The molecule has 0 radical (unpaired) electrons. The molecule has 37 heavy (non-hydrogen) atoms. The number of hydrogen-bond acceptors (Lipinski definition) is 5. The van der Waals surface area contributed by atoms with Crippen molar-refractivity contribution in [3.8, 4) is 22.9 Å². The van der Waals surface area contributed by atoms with E-state index in [1.165, 1.54) is 12.1 Å². The topological polar surface area (TPSA) is 88.4 Å². The molecular formula is C27H25F3N4O3. The van der Waals surface area contributed by atoms with Gasteiger partial charge >= 0.3 is 6.18 Å². The highest BCUT2D eigenvalue weighted by Gasteiger charge is 2.27. The number of benzene rings is 3. The van der Waals surface area contributed by atoms with Gasteiger partial charge in [0.2, 0.25) is 0 Å². The molecule has 192 valence electrons. The molecule has 1 aliphatic rings. The van der Waals surface area contributed by atoms with Crippen LogP contribution in [0.1, 0.15) is 35.2 Å². The zero-order valence-electron chi connectivity index (χ0n) is 20.0. The van der Waals surface area contributed by atoms with Crippen LogP contribution >= 0.6 is 0 Å². The molecule has 5 rings (SSSR count). The van der Waals surface area contributed by atoms with Crippen LogP contribution in [0.2, 0.25) is 0 Å². The predicted molar refractivity (Wildman–Crippen MR) is 134 cm³/mol. The summed E-state index contributed by atoms with van der Waals surface area (Å²) in [5, 5.41) is 15.4. The van der Waals surface area contributed by atoms with E-state index in [1.807, 2.05) is 13.0 Å². The van der Waals surface area contributed by atoms with Crippen LogP contribution in [0, 0.1) is 6.92 Å². The molecule has 1 aliphatic carbocycles. The van der Waals surface area contributed by atoms with Crippen LogP contribution in [0.25, 0.3) is 16.7 Å². The van der Waals surface area contributed by atoms with Gasteiger partial charge in [-0.05, 0) is 67.8 Å². The Labute approximate surface area is 210 Å². The quantitative estimate of drug-likeness (QED) is 0.267. The standard InChI is InChI=1S/C27H25F3N4O3/c1-16-12-18(4-9-22(16)26(36)33-17-2-3-17)34-15-32-25-23(31-11-10-27(28,29)30)13-21(14-24(25)34)37-20-7-5-19(35)6-8-20/h4-9,12-15,17,31,35H,2-3,10-11H2,1H3,(H,33,36). The second-order valence-electron chi connectivity index (χ2n) is 9.09. The van der Waals surface area contributed by atoms with Gasteiger partial charge in [-0.1, -0.05) is 0 Å². The molecule has 4 aromatic rings. The van der Waals surface area contributed by atoms with Gasteiger partial charge in [-0.2, -0.15) is 13.2 Å². The first-order valence-corrected chi connectivity index (χ1v) is 11.9. The number of carbonyl (C=O) groups is 1. The molecule has 0 unspecified atom stereocenters. The monoisotopic (exact) mass is 510 g/mol. The highest BCUT2D eigenvalue weighted by atomic mass is 19.4. The normalized spacial score (nSPS) is 13.5. The van der Waals surface area contributed by atoms with Crippen LogP contribution < -0.4 is 15.4 Å². The van der Waals surface area contributed by atoms with Crippen molar-refractivity contribution in [1.82, 2.24) is 14.9 Å². The second kappa shape index (κ2) is 9.68. The highest BCUT2D eigenvalue weighted by molar-refractivity contribution is 5.96. The Morgan fingerprint density at radius 3 is 2.54 bits per heavy atom. The lowest BCUT2D eigenvalue weighted by Gasteiger charge is -2.14. The Bertz CT molecular complexity index is 1440. The molecule has 7 nitrogen and oxygen atoms in total. The average Bonchev–Trinajstić information content (AvgIpc) is 3.54. The molecule has 0 spiro atoms. The first kappa shape index (κ1) is 24.5. The zero-order chi connectivity index (χ0) is 26.2. The summed E-state index contributed by atoms with van der Waals surface area (Å²) in [6.45, 7) is 1.53. The Balaban J connectivity index is 1.50. The van der Waals surface area contributed by atoms with Crippen LogP contribution in [-0.2, 0) is 0 Å². The molecule has 0 atom stereocenters. The number of carbonyl (C=O) groups excluding carboxylic acids is 1. The van der Waals surface area contributed by atoms with Crippen LogP contribution in [0.4, 0.5) is 18.9 Å². The zero-order valence-corrected chi connectivity index (χ0v) is 20.0. The lowest BCUT2D eigenvalue weighted by molar-refractivity contribution is -0.131. The van der Waals surface area contributed by atoms with E-state index < -0.39 is 12.6 Å². The summed E-state index contributed by atoms with van der Waals surface area (Å²) >= 11 is 0. The van der Waals surface area contributed by atoms with Crippen molar-refractivity contribution in [2.45, 2.75) is 38.4 Å². The minimum Gasteiger partial charge on any atom is -0.508 e. The molecule has 1 fully saturated rings. The number of phenolic OH excluding ortho intramolecular Hbond substituents is 1. The van der Waals surface area contributed by atoms with Gasteiger partial charge in [-0.25, -0.2) is 4.98 Å². The van der Waals surface area contributed by atoms with E-state index in [9.17, 15) is 23.1 Å². The molecular weight excluding hydrogens is 485 g/mol. The number of hydrogen-bond donors (Lipinski definition) is 3. The number of aromatic hydroxyl groups is 1. The molecule has 0 bridgehead atoms. The van der Waals surface area contributed by atoms with Gasteiger partial charge < -0.3 is 20.5 Å². The van der Waals surface area contributed by atoms with Gasteiger partial charge in [0, 0.05) is 36.0 Å². The number of phenols is 1. The molecule has 3 aromatic carbocycles. The molecule has 0 saturated heterocycles. The summed E-state index contributed by atoms with van der Waals surface area (Å²) in [6.07, 6.45) is -1.71. The third kappa shape index (κ3) is 5.79. The smallest absolute Gasteiger partial charge is 0.390 e. The first-order valence-electron chi connectivity index (χ1n) is 11.9. The van der Waals surface area contributed by atoms with Gasteiger partial charge in [0.05, 0.1) is 17.6 Å². The van der Waals surface area contributed by atoms with Crippen molar-refractivity contribution in [3.05, 3.63) is 72.1 Å². The summed E-state index contributed by atoms with van der Waals surface area (Å²) in [4.78, 5) is 17.0. The number of nitrogens with one attached hydrogen (secondary N) is 2. The Kier molecular flexibility index (Phi) is 6.41. The van der Waals surface area contributed by atoms with Gasteiger partial charge in [0.1, 0.15) is 29.1 Å². The number of rotatable bonds is 8. The number of fused-ring (bicyclic) bond motifs is 1. The minimum absolute atomic E-state index is 0.0833. The van der Waals surface area contributed by atoms with E-state index in [2.05, 4.69) is 15.6 Å². The molecule has 1 saturated carbocycles. The molecule has 1 aromatic heterocycles. The Morgan fingerprint density at radius 1 is 1.11 bits per heavy atom. The number of imidazole rings is 1. The van der Waals surface area contributed by atoms with Gasteiger partial charge in [0.25, 0.3) is 5.91 Å². The van der Waals surface area contributed by atoms with E-state index >= 15 is 0 Å². The lowest BCUT2D eigenvalue weighted by atomic mass is 10.1. The number of anilines is 1. The maximum absolute atomic E-state index is 12.8. The Morgan fingerprint density at radius 2 is 1.86 bits per heavy atom. The van der Waals surface area contributed by atoms with E-state index in [0.717, 1.165) is 24.1 Å². The number of aromatic nitrogens is 2. The summed E-state index contributed by atoms with van der Waals surface area (Å²) in [7, 11) is 0. The van der Waals surface area contributed by atoms with Crippen molar-refractivity contribution in [3.63, 3.8) is 0 Å². The first-order chi connectivity index (χ1) is 17.7. The SMILES string of the molecule is Cc1cc(-n2cnc3c(NCCC(F)(F)F)cc(Oc4ccc(O)cc4)cc32)ccc1C(=O)NC1CC1. The van der Waals surface area contributed by atoms with Crippen LogP contribution in [0.3, 0.4) is 0 Å². The van der Waals surface area contributed by atoms with Gasteiger partial charge in [0.15, 0.2) is 0 Å². The van der Waals surface area contributed by atoms with Crippen molar-refractivity contribution < 1.29 is 27.8 Å². The van der Waals surface area contributed by atoms with E-state index in [-0.39, 0.29) is 24.2 Å². The number of nitrogens with zero attached hydrogens (tertiary/aromatic N) is 2. The molecule has 1 heterocycles. The lowest BCUT2D eigenvalue weighted by Crippen LogP contribution is -2.26.